The maximum Gasteiger partial charge on any atom is 0.290 e. The number of halogens is 1. The highest BCUT2D eigenvalue weighted by atomic mass is 19.1. The van der Waals surface area contributed by atoms with Gasteiger partial charge >= 0.3 is 0 Å². The number of fused-ring (bicyclic) bond motifs is 3. The van der Waals surface area contributed by atoms with Crippen molar-refractivity contribution in [3.05, 3.63) is 81.2 Å². The molecule has 2 heterocycles. The lowest BCUT2D eigenvalue weighted by molar-refractivity contribution is -0.123. The number of hydrogen-bond acceptors (Lipinski definition) is 4. The van der Waals surface area contributed by atoms with Crippen molar-refractivity contribution in [2.45, 2.75) is 98.0 Å². The van der Waals surface area contributed by atoms with E-state index in [1.165, 1.54) is 27.8 Å². The van der Waals surface area contributed by atoms with Crippen molar-refractivity contribution < 1.29 is 28.9 Å². The van der Waals surface area contributed by atoms with E-state index in [1.54, 1.807) is 26.8 Å². The first-order valence-electron chi connectivity index (χ1n) is 15.7. The molecule has 0 radical (unpaired) electrons. The second-order valence-corrected chi connectivity index (χ2v) is 12.8. The van der Waals surface area contributed by atoms with Crippen molar-refractivity contribution in [1.82, 2.24) is 0 Å². The average molecular weight is 604 g/mol. The molecular weight excluding hydrogens is 557 g/mol. The molecule has 0 aromatic heterocycles. The summed E-state index contributed by atoms with van der Waals surface area (Å²) in [5.41, 5.74) is 10.8. The lowest BCUT2D eigenvalue weighted by atomic mass is 9.82. The third-order valence-electron chi connectivity index (χ3n) is 8.61. The fraction of sp³-hybridized carbons (Fsp3) is 0.459. The summed E-state index contributed by atoms with van der Waals surface area (Å²) >= 11 is 0. The molecule has 0 spiro atoms. The topological polar surface area (TPSA) is 87.1 Å². The fourth-order valence-electron chi connectivity index (χ4n) is 6.85. The Morgan fingerprint density at radius 2 is 1.77 bits per heavy atom. The average Bonchev–Trinajstić information content (AvgIpc) is 3.40. The van der Waals surface area contributed by atoms with Gasteiger partial charge in [0.2, 0.25) is 5.91 Å². The van der Waals surface area contributed by atoms with Crippen LogP contribution in [0.1, 0.15) is 91.8 Å². The maximum atomic E-state index is 15.3. The quantitative estimate of drug-likeness (QED) is 0.303. The molecule has 3 aromatic carbocycles. The SMILES string of the molecule is CC(C)(C)O.CCc1c(C)cc2c(c1-c1cc(F)c3c(c1C)CCCO3)CCN2C(=O)C1CCCc2ccccc21.O=CO. The van der Waals surface area contributed by atoms with Gasteiger partial charge in [0.25, 0.3) is 6.47 Å². The zero-order valence-corrected chi connectivity index (χ0v) is 26.9. The summed E-state index contributed by atoms with van der Waals surface area (Å²) in [6.07, 6.45) is 6.41. The normalized spacial score (nSPS) is 16.6. The Balaban J connectivity index is 0.000000496. The van der Waals surface area contributed by atoms with E-state index in [9.17, 15) is 4.79 Å². The van der Waals surface area contributed by atoms with Crippen molar-refractivity contribution in [3.8, 4) is 16.9 Å². The largest absolute Gasteiger partial charge is 0.490 e. The molecule has 7 heteroatoms. The van der Waals surface area contributed by atoms with Crippen LogP contribution in [0.25, 0.3) is 11.1 Å². The lowest BCUT2D eigenvalue weighted by Gasteiger charge is -2.29. The van der Waals surface area contributed by atoms with E-state index in [0.717, 1.165) is 72.9 Å². The van der Waals surface area contributed by atoms with Crippen LogP contribution in [-0.2, 0) is 35.3 Å². The van der Waals surface area contributed by atoms with Crippen LogP contribution in [0.4, 0.5) is 10.1 Å². The number of rotatable bonds is 3. The second kappa shape index (κ2) is 13.9. The van der Waals surface area contributed by atoms with Gasteiger partial charge in [-0.15, -0.1) is 0 Å². The van der Waals surface area contributed by atoms with Crippen LogP contribution in [0.5, 0.6) is 5.75 Å². The molecule has 6 rings (SSSR count). The third-order valence-corrected chi connectivity index (χ3v) is 8.61. The van der Waals surface area contributed by atoms with Gasteiger partial charge in [-0.25, -0.2) is 4.39 Å². The second-order valence-electron chi connectivity index (χ2n) is 12.8. The van der Waals surface area contributed by atoms with Crippen LogP contribution >= 0.6 is 0 Å². The molecule has 2 N–H and O–H groups in total. The lowest BCUT2D eigenvalue weighted by Crippen LogP contribution is -2.35. The molecule has 3 aliphatic rings. The molecule has 236 valence electrons. The first-order valence-corrected chi connectivity index (χ1v) is 15.7. The van der Waals surface area contributed by atoms with Gasteiger partial charge in [0, 0.05) is 17.8 Å². The van der Waals surface area contributed by atoms with Crippen molar-refractivity contribution >= 4 is 18.1 Å². The van der Waals surface area contributed by atoms with E-state index < -0.39 is 5.60 Å². The highest BCUT2D eigenvalue weighted by Gasteiger charge is 2.36. The molecule has 0 saturated carbocycles. The van der Waals surface area contributed by atoms with Crippen molar-refractivity contribution in [1.29, 1.82) is 0 Å². The third kappa shape index (κ3) is 6.99. The molecule has 44 heavy (non-hydrogen) atoms. The van der Waals surface area contributed by atoms with E-state index in [-0.39, 0.29) is 24.1 Å². The predicted molar refractivity (Wildman–Crippen MR) is 173 cm³/mol. The summed E-state index contributed by atoms with van der Waals surface area (Å²) in [4.78, 5) is 24.4. The van der Waals surface area contributed by atoms with Gasteiger partial charge in [-0.3, -0.25) is 9.59 Å². The number of carboxylic acid groups (broad SMARTS) is 1. The van der Waals surface area contributed by atoms with Crippen LogP contribution in [0.15, 0.2) is 36.4 Å². The smallest absolute Gasteiger partial charge is 0.290 e. The summed E-state index contributed by atoms with van der Waals surface area (Å²) in [6.45, 7) is 12.6. The molecule has 1 atom stereocenters. The van der Waals surface area contributed by atoms with Gasteiger partial charge in [0.1, 0.15) is 0 Å². The summed E-state index contributed by atoms with van der Waals surface area (Å²) in [5.74, 6) is 0.276. The Hall–Kier alpha value is -3.71. The number of amides is 1. The van der Waals surface area contributed by atoms with Crippen LogP contribution in [-0.4, -0.2) is 41.3 Å². The molecule has 1 amide bonds. The van der Waals surface area contributed by atoms with Crippen molar-refractivity contribution in [3.63, 3.8) is 0 Å². The monoisotopic (exact) mass is 603 g/mol. The van der Waals surface area contributed by atoms with Gasteiger partial charge in [0.05, 0.1) is 18.1 Å². The van der Waals surface area contributed by atoms with Crippen LogP contribution in [0, 0.1) is 19.7 Å². The molecule has 2 aliphatic heterocycles. The molecule has 1 aliphatic carbocycles. The molecule has 3 aromatic rings. The molecule has 6 nitrogen and oxygen atoms in total. The number of carbonyl (C=O) groups is 2. The van der Waals surface area contributed by atoms with Crippen LogP contribution < -0.4 is 9.64 Å². The fourth-order valence-corrected chi connectivity index (χ4v) is 6.85. The van der Waals surface area contributed by atoms with E-state index in [2.05, 4.69) is 51.1 Å². The Kier molecular flexibility index (Phi) is 10.5. The zero-order valence-electron chi connectivity index (χ0n) is 26.9. The van der Waals surface area contributed by atoms with E-state index in [0.29, 0.717) is 18.9 Å². The Bertz CT molecular complexity index is 1520. The highest BCUT2D eigenvalue weighted by Crippen LogP contribution is 2.46. The Labute approximate surface area is 260 Å². The Morgan fingerprint density at radius 3 is 2.45 bits per heavy atom. The van der Waals surface area contributed by atoms with Gasteiger partial charge < -0.3 is 19.8 Å². The number of hydrogen-bond donors (Lipinski definition) is 2. The predicted octanol–water partition coefficient (Wildman–Crippen LogP) is 7.48. The number of nitrogens with zero attached hydrogens (tertiary/aromatic N) is 1. The zero-order chi connectivity index (χ0) is 32.2. The van der Waals surface area contributed by atoms with Crippen LogP contribution in [0.3, 0.4) is 0 Å². The first-order chi connectivity index (χ1) is 20.9. The van der Waals surface area contributed by atoms with Crippen molar-refractivity contribution in [2.75, 3.05) is 18.1 Å². The van der Waals surface area contributed by atoms with E-state index >= 15 is 4.39 Å². The van der Waals surface area contributed by atoms with Gasteiger partial charge in [-0.05, 0) is 136 Å². The maximum absolute atomic E-state index is 15.3. The van der Waals surface area contributed by atoms with E-state index in [1.807, 2.05) is 4.90 Å². The minimum atomic E-state index is -0.500. The number of ether oxygens (including phenoxy) is 1. The molecule has 0 fully saturated rings. The summed E-state index contributed by atoms with van der Waals surface area (Å²) in [5, 5.41) is 15.4. The summed E-state index contributed by atoms with van der Waals surface area (Å²) in [7, 11) is 0. The van der Waals surface area contributed by atoms with Crippen LogP contribution in [0.2, 0.25) is 0 Å². The molecular formula is C37H46FNO5. The number of carbonyl (C=O) groups excluding carboxylic acids is 1. The minimum Gasteiger partial charge on any atom is -0.490 e. The standard InChI is InChI=1S/C32H34FNO2.C4H10O.CH2O2/c1-4-22-19(2)17-29-26(30(22)27-18-28(33)31-23(20(27)3)13-8-16-36-31)14-15-34(29)32(35)25-12-7-10-21-9-5-6-11-24(21)25;1-4(2,3)5;2-1-3/h5-6,9,11,17-18,25H,4,7-8,10,12-16H2,1-3H3;5H,1-3H3;1H,(H,2,3). The van der Waals surface area contributed by atoms with Gasteiger partial charge in [0.15, 0.2) is 11.6 Å². The number of aliphatic hydroxyl groups is 1. The van der Waals surface area contributed by atoms with Gasteiger partial charge in [-0.2, -0.15) is 0 Å². The molecule has 1 unspecified atom stereocenters. The number of aryl methyl sites for hydroxylation is 2. The van der Waals surface area contributed by atoms with Gasteiger partial charge in [-0.1, -0.05) is 31.2 Å². The first kappa shape index (κ1) is 33.2. The Morgan fingerprint density at radius 1 is 1.09 bits per heavy atom. The highest BCUT2D eigenvalue weighted by molar-refractivity contribution is 6.02. The number of benzene rings is 3. The van der Waals surface area contributed by atoms with Crippen molar-refractivity contribution in [2.24, 2.45) is 0 Å². The summed E-state index contributed by atoms with van der Waals surface area (Å²) < 4.78 is 21.0. The minimum absolute atomic E-state index is 0.0874. The molecule has 0 bridgehead atoms. The van der Waals surface area contributed by atoms with E-state index in [4.69, 9.17) is 19.7 Å². The number of anilines is 1. The molecule has 0 saturated heterocycles. The summed E-state index contributed by atoms with van der Waals surface area (Å²) in [6, 6.07) is 12.3.